The van der Waals surface area contributed by atoms with Gasteiger partial charge in [-0.3, -0.25) is 0 Å². The number of fused-ring (bicyclic) bond motifs is 3. The van der Waals surface area contributed by atoms with Crippen LogP contribution in [0.2, 0.25) is 0 Å². The molecule has 1 unspecified atom stereocenters. The highest BCUT2D eigenvalue weighted by Crippen LogP contribution is 2.54. The normalized spacial score (nSPS) is 22.2. The molecule has 2 aromatic carbocycles. The molecule has 2 heterocycles. The van der Waals surface area contributed by atoms with Crippen molar-refractivity contribution < 1.29 is 24.1 Å². The molecule has 1 aliphatic carbocycles. The van der Waals surface area contributed by atoms with Crippen LogP contribution in [-0.2, 0) is 6.42 Å². The van der Waals surface area contributed by atoms with Gasteiger partial charge < -0.3 is 29.4 Å². The van der Waals surface area contributed by atoms with Gasteiger partial charge in [-0.2, -0.15) is 0 Å². The van der Waals surface area contributed by atoms with Crippen molar-refractivity contribution >= 4 is 0 Å². The number of methoxy groups -OCH3 is 2. The van der Waals surface area contributed by atoms with Gasteiger partial charge in [-0.15, -0.1) is 0 Å². The molecule has 25 heavy (non-hydrogen) atoms. The van der Waals surface area contributed by atoms with Crippen LogP contribution in [0, 0.1) is 0 Å². The summed E-state index contributed by atoms with van der Waals surface area (Å²) in [6.07, 6.45) is 0.258. The Kier molecular flexibility index (Phi) is 3.14. The molecular weight excluding hydrogens is 322 g/mol. The molecule has 2 aliphatic heterocycles. The number of hydrogen-bond acceptors (Lipinski definition) is 6. The van der Waals surface area contributed by atoms with Crippen molar-refractivity contribution in [3.05, 3.63) is 34.9 Å². The summed E-state index contributed by atoms with van der Waals surface area (Å²) in [4.78, 5) is 0. The van der Waals surface area contributed by atoms with E-state index in [9.17, 15) is 5.11 Å². The molecule has 0 saturated carbocycles. The third-order valence-corrected chi connectivity index (χ3v) is 5.30. The van der Waals surface area contributed by atoms with Gasteiger partial charge in [-0.05, 0) is 46.9 Å². The number of β-amino-alcohol motifs (C(OH)–C–C–N with tert-alkyl or cyclic N) is 1. The second kappa shape index (κ2) is 5.28. The van der Waals surface area contributed by atoms with E-state index in [2.05, 4.69) is 5.32 Å². The molecule has 2 aromatic rings. The van der Waals surface area contributed by atoms with Gasteiger partial charge in [0.05, 0.1) is 20.3 Å². The van der Waals surface area contributed by atoms with E-state index >= 15 is 0 Å². The van der Waals surface area contributed by atoms with Gasteiger partial charge in [-0.1, -0.05) is 0 Å². The van der Waals surface area contributed by atoms with Crippen molar-refractivity contribution in [2.75, 3.05) is 27.6 Å². The smallest absolute Gasteiger partial charge is 0.231 e. The van der Waals surface area contributed by atoms with Crippen molar-refractivity contribution in [1.29, 1.82) is 0 Å². The summed E-state index contributed by atoms with van der Waals surface area (Å²) in [5, 5.41) is 14.0. The Hall–Kier alpha value is -2.44. The quantitative estimate of drug-likeness (QED) is 0.874. The standard InChI is InChI=1S/C19H19NO5/c1-22-16-6-11-13(21)7-20-12-3-9-4-14-15(25-8-24-14)5-10(9)18(17(11)12)19(16)23-2/h4-6,12-13,20-21H,3,7-8H2,1-2H3/t12?,13-/m1/s1. The summed E-state index contributed by atoms with van der Waals surface area (Å²) >= 11 is 0. The summed E-state index contributed by atoms with van der Waals surface area (Å²) in [5.74, 6) is 2.82. The topological polar surface area (TPSA) is 69.2 Å². The first kappa shape index (κ1) is 14.9. The molecule has 6 heteroatoms. The monoisotopic (exact) mass is 341 g/mol. The zero-order valence-corrected chi connectivity index (χ0v) is 14.1. The average Bonchev–Trinajstić information content (AvgIpc) is 3.09. The minimum atomic E-state index is -0.569. The summed E-state index contributed by atoms with van der Waals surface area (Å²) in [5.41, 5.74) is 5.17. The molecule has 0 amide bonds. The Morgan fingerprint density at radius 2 is 1.92 bits per heavy atom. The first-order chi connectivity index (χ1) is 12.2. The van der Waals surface area contributed by atoms with Crippen molar-refractivity contribution in [1.82, 2.24) is 5.32 Å². The highest BCUT2D eigenvalue weighted by molar-refractivity contribution is 5.85. The molecule has 130 valence electrons. The fraction of sp³-hybridized carbons (Fsp3) is 0.368. The third-order valence-electron chi connectivity index (χ3n) is 5.30. The van der Waals surface area contributed by atoms with Crippen LogP contribution in [0.25, 0.3) is 11.1 Å². The van der Waals surface area contributed by atoms with Gasteiger partial charge in [0.15, 0.2) is 23.0 Å². The summed E-state index contributed by atoms with van der Waals surface area (Å²) in [7, 11) is 3.26. The van der Waals surface area contributed by atoms with E-state index in [-0.39, 0.29) is 12.8 Å². The van der Waals surface area contributed by atoms with Crippen LogP contribution in [0.3, 0.4) is 0 Å². The van der Waals surface area contributed by atoms with Crippen LogP contribution in [0.15, 0.2) is 18.2 Å². The molecule has 2 atom stereocenters. The van der Waals surface area contributed by atoms with Crippen LogP contribution in [0.4, 0.5) is 0 Å². The highest BCUT2D eigenvalue weighted by atomic mass is 16.7. The molecule has 2 N–H and O–H groups in total. The van der Waals surface area contributed by atoms with E-state index in [1.807, 2.05) is 18.2 Å². The molecule has 0 saturated heterocycles. The Balaban J connectivity index is 1.85. The highest BCUT2D eigenvalue weighted by Gasteiger charge is 2.37. The van der Waals surface area contributed by atoms with Crippen LogP contribution in [-0.4, -0.2) is 32.7 Å². The predicted molar refractivity (Wildman–Crippen MR) is 90.5 cm³/mol. The molecule has 3 aliphatic rings. The summed E-state index contributed by atoms with van der Waals surface area (Å²) in [6.45, 7) is 0.762. The molecule has 5 rings (SSSR count). The largest absolute Gasteiger partial charge is 0.493 e. The SMILES string of the molecule is COc1cc2c3c(c1OC)-c1cc4c(cc1CC3NC[C@H]2O)OCO4. The minimum Gasteiger partial charge on any atom is -0.493 e. The first-order valence-electron chi connectivity index (χ1n) is 8.34. The van der Waals surface area contributed by atoms with Gasteiger partial charge in [0.2, 0.25) is 6.79 Å². The van der Waals surface area contributed by atoms with E-state index in [1.54, 1.807) is 14.2 Å². The van der Waals surface area contributed by atoms with Gasteiger partial charge in [0.25, 0.3) is 0 Å². The Labute approximate surface area is 145 Å². The van der Waals surface area contributed by atoms with Crippen molar-refractivity contribution in [2.24, 2.45) is 0 Å². The first-order valence-corrected chi connectivity index (χ1v) is 8.34. The lowest BCUT2D eigenvalue weighted by atomic mass is 9.76. The van der Waals surface area contributed by atoms with E-state index in [0.29, 0.717) is 18.0 Å². The Morgan fingerprint density at radius 1 is 1.12 bits per heavy atom. The third kappa shape index (κ3) is 1.98. The number of hydrogen-bond donors (Lipinski definition) is 2. The van der Waals surface area contributed by atoms with E-state index in [4.69, 9.17) is 18.9 Å². The van der Waals surface area contributed by atoms with Gasteiger partial charge in [0.1, 0.15) is 0 Å². The maximum absolute atomic E-state index is 10.5. The second-order valence-corrected chi connectivity index (χ2v) is 6.53. The van der Waals surface area contributed by atoms with Crippen LogP contribution < -0.4 is 24.3 Å². The van der Waals surface area contributed by atoms with Crippen molar-refractivity contribution in [2.45, 2.75) is 18.6 Å². The van der Waals surface area contributed by atoms with E-state index in [0.717, 1.165) is 40.2 Å². The second-order valence-electron chi connectivity index (χ2n) is 6.53. The maximum atomic E-state index is 10.5. The lowest BCUT2D eigenvalue weighted by Gasteiger charge is -2.37. The fourth-order valence-electron chi connectivity index (χ4n) is 4.19. The summed E-state index contributed by atoms with van der Waals surface area (Å²) in [6, 6.07) is 6.08. The zero-order chi connectivity index (χ0) is 17.1. The molecular formula is C19H19NO5. The minimum absolute atomic E-state index is 0.126. The van der Waals surface area contributed by atoms with Gasteiger partial charge in [0, 0.05) is 18.2 Å². The zero-order valence-electron chi connectivity index (χ0n) is 14.1. The van der Waals surface area contributed by atoms with Crippen LogP contribution in [0.5, 0.6) is 23.0 Å². The van der Waals surface area contributed by atoms with Gasteiger partial charge >= 0.3 is 0 Å². The number of aliphatic hydroxyl groups excluding tert-OH is 1. The van der Waals surface area contributed by atoms with Crippen molar-refractivity contribution in [3.63, 3.8) is 0 Å². The molecule has 6 nitrogen and oxygen atoms in total. The fourth-order valence-corrected chi connectivity index (χ4v) is 4.19. The number of aliphatic hydroxyl groups is 1. The molecule has 0 radical (unpaired) electrons. The molecule has 0 bridgehead atoms. The Morgan fingerprint density at radius 3 is 2.68 bits per heavy atom. The Bertz CT molecular complexity index is 879. The molecule has 0 aromatic heterocycles. The number of nitrogens with one attached hydrogen (secondary N) is 1. The predicted octanol–water partition coefficient (Wildman–Crippen LogP) is 2.33. The molecule has 0 spiro atoms. The summed E-state index contributed by atoms with van der Waals surface area (Å²) < 4.78 is 22.4. The number of ether oxygens (including phenoxy) is 4. The number of rotatable bonds is 2. The maximum Gasteiger partial charge on any atom is 0.231 e. The lowest BCUT2D eigenvalue weighted by molar-refractivity contribution is 0.156. The van der Waals surface area contributed by atoms with Crippen LogP contribution in [0.1, 0.15) is 28.8 Å². The van der Waals surface area contributed by atoms with Crippen molar-refractivity contribution in [3.8, 4) is 34.1 Å². The van der Waals surface area contributed by atoms with E-state index < -0.39 is 6.10 Å². The lowest BCUT2D eigenvalue weighted by Crippen LogP contribution is -2.36. The van der Waals surface area contributed by atoms with Gasteiger partial charge in [-0.25, -0.2) is 0 Å². The van der Waals surface area contributed by atoms with Crippen LogP contribution >= 0.6 is 0 Å². The average molecular weight is 341 g/mol. The molecule has 0 fully saturated rings. The van der Waals surface area contributed by atoms with E-state index in [1.165, 1.54) is 5.56 Å². The number of benzene rings is 2.